The van der Waals surface area contributed by atoms with E-state index in [4.69, 9.17) is 23.2 Å². The van der Waals surface area contributed by atoms with Crippen LogP contribution in [0.1, 0.15) is 46.2 Å². The molecule has 4 heteroatoms. The van der Waals surface area contributed by atoms with Crippen LogP contribution in [-0.4, -0.2) is 5.11 Å². The quantitative estimate of drug-likeness (QED) is 0.721. The minimum atomic E-state index is -0.502. The van der Waals surface area contributed by atoms with E-state index in [1.54, 1.807) is 23.5 Å². The fourth-order valence-corrected chi connectivity index (χ4v) is 4.50. The van der Waals surface area contributed by atoms with Gasteiger partial charge in [-0.15, -0.1) is 11.3 Å². The van der Waals surface area contributed by atoms with Crippen LogP contribution in [0.5, 0.6) is 0 Å². The summed E-state index contributed by atoms with van der Waals surface area (Å²) in [4.78, 5) is 2.51. The predicted octanol–water partition coefficient (Wildman–Crippen LogP) is 5.60. The Morgan fingerprint density at radius 3 is 2.76 bits per heavy atom. The second-order valence-electron chi connectivity index (χ2n) is 5.61. The van der Waals surface area contributed by atoms with Crippen LogP contribution in [0.4, 0.5) is 0 Å². The first-order valence-corrected chi connectivity index (χ1v) is 8.94. The summed E-state index contributed by atoms with van der Waals surface area (Å²) in [5, 5.41) is 11.8. The molecule has 1 unspecified atom stereocenters. The molecular weight excluding hydrogens is 323 g/mol. The summed E-state index contributed by atoms with van der Waals surface area (Å²) in [5.74, 6) is 0. The van der Waals surface area contributed by atoms with Gasteiger partial charge >= 0.3 is 0 Å². The number of hydrogen-bond acceptors (Lipinski definition) is 2. The molecule has 0 bridgehead atoms. The van der Waals surface area contributed by atoms with Gasteiger partial charge in [-0.3, -0.25) is 0 Å². The maximum absolute atomic E-state index is 10.5. The molecule has 1 aromatic carbocycles. The van der Waals surface area contributed by atoms with Gasteiger partial charge < -0.3 is 5.11 Å². The third-order valence-electron chi connectivity index (χ3n) is 4.02. The van der Waals surface area contributed by atoms with E-state index in [1.807, 2.05) is 6.07 Å². The average Bonchev–Trinajstić information content (AvgIpc) is 2.74. The van der Waals surface area contributed by atoms with Gasteiger partial charge in [0.25, 0.3) is 0 Å². The summed E-state index contributed by atoms with van der Waals surface area (Å²) >= 11 is 14.0. The molecule has 1 heterocycles. The SMILES string of the molecule is OC(Cc1cc(Cl)ccc1Cl)c1cc2c(s1)CCCCC2. The van der Waals surface area contributed by atoms with E-state index < -0.39 is 6.10 Å². The lowest BCUT2D eigenvalue weighted by Crippen LogP contribution is -2.00. The van der Waals surface area contributed by atoms with E-state index in [0.29, 0.717) is 16.5 Å². The van der Waals surface area contributed by atoms with Crippen LogP contribution in [0.2, 0.25) is 10.0 Å². The van der Waals surface area contributed by atoms with E-state index in [-0.39, 0.29) is 0 Å². The van der Waals surface area contributed by atoms with Crippen molar-refractivity contribution in [2.75, 3.05) is 0 Å². The lowest BCUT2D eigenvalue weighted by atomic mass is 10.1. The Bertz CT molecular complexity index is 612. The van der Waals surface area contributed by atoms with E-state index in [0.717, 1.165) is 23.3 Å². The Morgan fingerprint density at radius 2 is 1.90 bits per heavy atom. The van der Waals surface area contributed by atoms with Crippen LogP contribution in [0, 0.1) is 0 Å². The zero-order chi connectivity index (χ0) is 14.8. The number of fused-ring (bicyclic) bond motifs is 1. The van der Waals surface area contributed by atoms with E-state index in [2.05, 4.69) is 6.07 Å². The van der Waals surface area contributed by atoms with E-state index >= 15 is 0 Å². The summed E-state index contributed by atoms with van der Waals surface area (Å²) in [6, 6.07) is 7.59. The zero-order valence-corrected chi connectivity index (χ0v) is 14.1. The second-order valence-corrected chi connectivity index (χ2v) is 7.63. The van der Waals surface area contributed by atoms with Gasteiger partial charge in [-0.1, -0.05) is 29.6 Å². The zero-order valence-electron chi connectivity index (χ0n) is 11.7. The van der Waals surface area contributed by atoms with Gasteiger partial charge in [0, 0.05) is 26.2 Å². The molecule has 0 radical (unpaired) electrons. The molecule has 0 spiro atoms. The number of aliphatic hydroxyl groups is 1. The molecule has 0 aliphatic heterocycles. The predicted molar refractivity (Wildman–Crippen MR) is 90.7 cm³/mol. The van der Waals surface area contributed by atoms with Gasteiger partial charge in [-0.2, -0.15) is 0 Å². The Balaban J connectivity index is 1.79. The summed E-state index contributed by atoms with van der Waals surface area (Å²) in [7, 11) is 0. The number of aryl methyl sites for hydroxylation is 2. The summed E-state index contributed by atoms with van der Waals surface area (Å²) in [5.41, 5.74) is 2.34. The van der Waals surface area contributed by atoms with Gasteiger partial charge in [-0.25, -0.2) is 0 Å². The first-order chi connectivity index (χ1) is 10.1. The van der Waals surface area contributed by atoms with Crippen molar-refractivity contribution in [2.45, 2.75) is 44.6 Å². The standard InChI is InChI=1S/C17H18Cl2OS/c18-13-6-7-14(19)12(8-13)9-15(20)17-10-11-4-2-1-3-5-16(11)21-17/h6-8,10,15,20H,1-5,9H2. The van der Waals surface area contributed by atoms with Gasteiger partial charge in [-0.05, 0) is 61.1 Å². The molecule has 0 saturated heterocycles. The molecule has 1 nitrogen and oxygen atoms in total. The molecule has 3 rings (SSSR count). The smallest absolute Gasteiger partial charge is 0.0922 e. The Morgan fingerprint density at radius 1 is 1.10 bits per heavy atom. The highest BCUT2D eigenvalue weighted by Crippen LogP contribution is 2.34. The van der Waals surface area contributed by atoms with E-state index in [1.165, 1.54) is 29.7 Å². The largest absolute Gasteiger partial charge is 0.387 e. The van der Waals surface area contributed by atoms with Crippen LogP contribution in [-0.2, 0) is 19.3 Å². The highest BCUT2D eigenvalue weighted by atomic mass is 35.5. The Kier molecular flexibility index (Phi) is 4.90. The molecule has 0 fully saturated rings. The van der Waals surface area contributed by atoms with Crippen LogP contribution in [0.3, 0.4) is 0 Å². The summed E-state index contributed by atoms with van der Waals surface area (Å²) < 4.78 is 0. The van der Waals surface area contributed by atoms with Crippen molar-refractivity contribution in [2.24, 2.45) is 0 Å². The first-order valence-electron chi connectivity index (χ1n) is 7.37. The number of halogens is 2. The minimum Gasteiger partial charge on any atom is -0.387 e. The topological polar surface area (TPSA) is 20.2 Å². The van der Waals surface area contributed by atoms with Crippen molar-refractivity contribution < 1.29 is 5.11 Å². The molecule has 1 N–H and O–H groups in total. The van der Waals surface area contributed by atoms with Crippen molar-refractivity contribution >= 4 is 34.5 Å². The number of thiophene rings is 1. The molecule has 112 valence electrons. The fraction of sp³-hybridized carbons (Fsp3) is 0.412. The molecule has 0 amide bonds. The number of rotatable bonds is 3. The van der Waals surface area contributed by atoms with Crippen molar-refractivity contribution in [1.29, 1.82) is 0 Å². The monoisotopic (exact) mass is 340 g/mol. The highest BCUT2D eigenvalue weighted by Gasteiger charge is 2.18. The van der Waals surface area contributed by atoms with E-state index in [9.17, 15) is 5.11 Å². The minimum absolute atomic E-state index is 0.502. The number of aliphatic hydroxyl groups excluding tert-OH is 1. The molecule has 1 atom stereocenters. The van der Waals surface area contributed by atoms with Gasteiger partial charge in [0.15, 0.2) is 0 Å². The van der Waals surface area contributed by atoms with Crippen LogP contribution in [0.25, 0.3) is 0 Å². The first kappa shape index (κ1) is 15.4. The summed E-state index contributed by atoms with van der Waals surface area (Å²) in [6.45, 7) is 0. The lowest BCUT2D eigenvalue weighted by molar-refractivity contribution is 0.182. The van der Waals surface area contributed by atoms with Gasteiger partial charge in [0.05, 0.1) is 6.10 Å². The molecular formula is C17H18Cl2OS. The normalized spacial score (nSPS) is 16.3. The average molecular weight is 341 g/mol. The third kappa shape index (κ3) is 3.62. The Hall–Kier alpha value is -0.540. The molecule has 0 saturated carbocycles. The molecule has 1 aliphatic rings. The lowest BCUT2D eigenvalue weighted by Gasteiger charge is -2.10. The fourth-order valence-electron chi connectivity index (χ4n) is 2.86. The third-order valence-corrected chi connectivity index (χ3v) is 5.96. The molecule has 2 aromatic rings. The van der Waals surface area contributed by atoms with Gasteiger partial charge in [0.1, 0.15) is 0 Å². The molecule has 1 aliphatic carbocycles. The van der Waals surface area contributed by atoms with Crippen molar-refractivity contribution in [3.05, 3.63) is 55.2 Å². The highest BCUT2D eigenvalue weighted by molar-refractivity contribution is 7.12. The van der Waals surface area contributed by atoms with Crippen LogP contribution in [0.15, 0.2) is 24.3 Å². The van der Waals surface area contributed by atoms with Crippen molar-refractivity contribution in [1.82, 2.24) is 0 Å². The van der Waals surface area contributed by atoms with Crippen molar-refractivity contribution in [3.8, 4) is 0 Å². The molecule has 1 aromatic heterocycles. The van der Waals surface area contributed by atoms with Crippen LogP contribution < -0.4 is 0 Å². The van der Waals surface area contributed by atoms with Gasteiger partial charge in [0.2, 0.25) is 0 Å². The Labute approximate surface area is 139 Å². The number of benzene rings is 1. The maximum Gasteiger partial charge on any atom is 0.0922 e. The second kappa shape index (κ2) is 6.70. The molecule has 21 heavy (non-hydrogen) atoms. The van der Waals surface area contributed by atoms with Crippen molar-refractivity contribution in [3.63, 3.8) is 0 Å². The number of hydrogen-bond donors (Lipinski definition) is 1. The maximum atomic E-state index is 10.5. The summed E-state index contributed by atoms with van der Waals surface area (Å²) in [6.07, 6.45) is 6.16. The van der Waals surface area contributed by atoms with Crippen LogP contribution >= 0.6 is 34.5 Å².